The lowest BCUT2D eigenvalue weighted by Gasteiger charge is -2.56. The topological polar surface area (TPSA) is 34.9 Å². The Morgan fingerprint density at radius 2 is 1.86 bits per heavy atom. The van der Waals surface area contributed by atoms with Crippen LogP contribution < -0.4 is 0 Å². The maximum absolute atomic E-state index is 12.8. The molecule has 0 saturated heterocycles. The van der Waals surface area contributed by atoms with Crippen LogP contribution in [0.2, 0.25) is 5.02 Å². The van der Waals surface area contributed by atoms with Crippen molar-refractivity contribution in [2.45, 2.75) is 58.4 Å². The molecule has 0 atom stereocenters. The third-order valence-electron chi connectivity index (χ3n) is 6.06. The van der Waals surface area contributed by atoms with Crippen molar-refractivity contribution in [3.05, 3.63) is 16.9 Å². The zero-order valence-electron chi connectivity index (χ0n) is 12.6. The molecule has 0 aliphatic heterocycles. The molecule has 4 heteroatoms. The van der Waals surface area contributed by atoms with Crippen LogP contribution in [0.25, 0.3) is 0 Å². The highest BCUT2D eigenvalue weighted by Crippen LogP contribution is 2.61. The molecule has 4 aliphatic rings. The summed E-state index contributed by atoms with van der Waals surface area (Å²) in [5.41, 5.74) is 0.910. The van der Waals surface area contributed by atoms with Crippen molar-refractivity contribution in [2.75, 3.05) is 0 Å². The molecule has 0 radical (unpaired) electrons. The van der Waals surface area contributed by atoms with Gasteiger partial charge in [0.25, 0.3) is 0 Å². The number of carbonyl (C=O) groups excluding carboxylic acids is 1. The highest BCUT2D eigenvalue weighted by atomic mass is 35.5. The zero-order valence-corrected chi connectivity index (χ0v) is 13.4. The van der Waals surface area contributed by atoms with Gasteiger partial charge in [0, 0.05) is 13.0 Å². The molecule has 0 aromatic carbocycles. The van der Waals surface area contributed by atoms with E-state index in [-0.39, 0.29) is 11.2 Å². The molecular formula is C17H23ClN2O. The maximum atomic E-state index is 12.8. The molecule has 0 amide bonds. The summed E-state index contributed by atoms with van der Waals surface area (Å²) in [6, 6.07) is 0. The van der Waals surface area contributed by atoms with Gasteiger partial charge >= 0.3 is 0 Å². The van der Waals surface area contributed by atoms with E-state index in [1.54, 1.807) is 10.9 Å². The molecule has 3 nitrogen and oxygen atoms in total. The fourth-order valence-electron chi connectivity index (χ4n) is 5.81. The van der Waals surface area contributed by atoms with Gasteiger partial charge in [0.1, 0.15) is 5.69 Å². The Morgan fingerprint density at radius 1 is 1.29 bits per heavy atom. The Morgan fingerprint density at radius 3 is 2.38 bits per heavy atom. The Bertz CT molecular complexity index is 542. The van der Waals surface area contributed by atoms with Crippen molar-refractivity contribution in [2.24, 2.45) is 23.2 Å². The number of aryl methyl sites for hydroxylation is 1. The predicted molar refractivity (Wildman–Crippen MR) is 82.5 cm³/mol. The maximum Gasteiger partial charge on any atom is 0.182 e. The third-order valence-corrected chi connectivity index (χ3v) is 6.34. The van der Waals surface area contributed by atoms with Crippen molar-refractivity contribution < 1.29 is 4.79 Å². The monoisotopic (exact) mass is 306 g/mol. The van der Waals surface area contributed by atoms with Crippen LogP contribution in [0, 0.1) is 23.2 Å². The van der Waals surface area contributed by atoms with Crippen molar-refractivity contribution in [1.82, 2.24) is 9.78 Å². The third kappa shape index (κ3) is 2.25. The molecule has 4 bridgehead atoms. The van der Waals surface area contributed by atoms with Crippen LogP contribution in [0.4, 0.5) is 0 Å². The molecule has 0 unspecified atom stereocenters. The van der Waals surface area contributed by atoms with E-state index in [1.807, 2.05) is 6.92 Å². The summed E-state index contributed by atoms with van der Waals surface area (Å²) in [5.74, 6) is 2.86. The first-order chi connectivity index (χ1) is 10.1. The Kier molecular flexibility index (Phi) is 3.18. The van der Waals surface area contributed by atoms with Gasteiger partial charge in [-0.1, -0.05) is 11.6 Å². The average molecular weight is 307 g/mol. The number of halogens is 1. The van der Waals surface area contributed by atoms with Gasteiger partial charge in [-0.2, -0.15) is 5.10 Å². The lowest BCUT2D eigenvalue weighted by Crippen LogP contribution is -2.47. The molecule has 4 aliphatic carbocycles. The van der Waals surface area contributed by atoms with Crippen LogP contribution >= 0.6 is 11.6 Å². The molecular weight excluding hydrogens is 284 g/mol. The molecule has 5 rings (SSSR count). The van der Waals surface area contributed by atoms with E-state index in [4.69, 9.17) is 11.6 Å². The summed E-state index contributed by atoms with van der Waals surface area (Å²) >= 11 is 6.20. The number of ketones is 1. The number of carbonyl (C=O) groups is 1. The van der Waals surface area contributed by atoms with Crippen LogP contribution in [0.5, 0.6) is 0 Å². The number of hydrogen-bond donors (Lipinski definition) is 0. The highest BCUT2D eigenvalue weighted by molar-refractivity contribution is 6.33. The van der Waals surface area contributed by atoms with E-state index in [1.165, 1.54) is 38.5 Å². The normalized spacial score (nSPS) is 37.1. The van der Waals surface area contributed by atoms with Gasteiger partial charge in [-0.25, -0.2) is 0 Å². The second kappa shape index (κ2) is 4.84. The van der Waals surface area contributed by atoms with Crippen LogP contribution in [0.3, 0.4) is 0 Å². The minimum absolute atomic E-state index is 0.210. The molecule has 4 fully saturated rings. The van der Waals surface area contributed by atoms with Crippen molar-refractivity contribution in [1.29, 1.82) is 0 Å². The van der Waals surface area contributed by atoms with Crippen LogP contribution in [0.1, 0.15) is 62.4 Å². The van der Waals surface area contributed by atoms with Crippen LogP contribution in [-0.4, -0.2) is 15.6 Å². The number of Topliss-reactive ketones (excluding diaryl/α,β-unsaturated/α-hetero) is 1. The number of aromatic nitrogens is 2. The minimum atomic E-state index is 0.210. The van der Waals surface area contributed by atoms with Crippen LogP contribution in [0.15, 0.2) is 6.20 Å². The van der Waals surface area contributed by atoms with Gasteiger partial charge in [-0.15, -0.1) is 0 Å². The highest BCUT2D eigenvalue weighted by Gasteiger charge is 2.51. The second-order valence-electron chi connectivity index (χ2n) is 7.67. The number of nitrogens with zero attached hydrogens (tertiary/aromatic N) is 2. The first kappa shape index (κ1) is 13.8. The molecule has 0 N–H and O–H groups in total. The van der Waals surface area contributed by atoms with Gasteiger partial charge in [0.05, 0.1) is 11.2 Å². The van der Waals surface area contributed by atoms with E-state index < -0.39 is 0 Å². The van der Waals surface area contributed by atoms with E-state index >= 15 is 0 Å². The van der Waals surface area contributed by atoms with Gasteiger partial charge in [0.2, 0.25) is 0 Å². The number of hydrogen-bond acceptors (Lipinski definition) is 2. The predicted octanol–water partition coefficient (Wildman–Crippen LogP) is 4.35. The van der Waals surface area contributed by atoms with Gasteiger partial charge < -0.3 is 0 Å². The molecule has 4 saturated carbocycles. The molecule has 114 valence electrons. The van der Waals surface area contributed by atoms with Crippen LogP contribution in [-0.2, 0) is 6.54 Å². The molecule has 21 heavy (non-hydrogen) atoms. The van der Waals surface area contributed by atoms with Crippen molar-refractivity contribution in [3.8, 4) is 0 Å². The summed E-state index contributed by atoms with van der Waals surface area (Å²) in [4.78, 5) is 12.8. The van der Waals surface area contributed by atoms with E-state index in [0.29, 0.717) is 23.7 Å². The molecule has 1 aromatic heterocycles. The first-order valence-electron chi connectivity index (χ1n) is 8.33. The van der Waals surface area contributed by atoms with Crippen molar-refractivity contribution in [3.63, 3.8) is 0 Å². The summed E-state index contributed by atoms with van der Waals surface area (Å²) in [6.07, 6.45) is 10.3. The standard InChI is InChI=1S/C17H23ClN2O/c1-2-20-16(14(18)10-19-20)15(21)9-17-6-11-3-12(7-17)5-13(4-11)8-17/h10-13H,2-9H2,1H3. The van der Waals surface area contributed by atoms with Crippen molar-refractivity contribution >= 4 is 17.4 Å². The molecule has 0 spiro atoms. The van der Waals surface area contributed by atoms with Gasteiger partial charge in [-0.05, 0) is 68.6 Å². The van der Waals surface area contributed by atoms with E-state index in [0.717, 1.165) is 17.8 Å². The van der Waals surface area contributed by atoms with E-state index in [2.05, 4.69) is 5.10 Å². The minimum Gasteiger partial charge on any atom is -0.292 e. The van der Waals surface area contributed by atoms with Gasteiger partial charge in [-0.3, -0.25) is 9.48 Å². The zero-order chi connectivity index (χ0) is 14.6. The van der Waals surface area contributed by atoms with E-state index in [9.17, 15) is 4.79 Å². The number of rotatable bonds is 4. The summed E-state index contributed by atoms with van der Waals surface area (Å²) in [6.45, 7) is 2.71. The Hall–Kier alpha value is -0.830. The average Bonchev–Trinajstić information content (AvgIpc) is 2.77. The Labute approximate surface area is 131 Å². The largest absolute Gasteiger partial charge is 0.292 e. The second-order valence-corrected chi connectivity index (χ2v) is 8.08. The molecule has 1 aromatic rings. The lowest BCUT2D eigenvalue weighted by atomic mass is 9.48. The summed E-state index contributed by atoms with van der Waals surface area (Å²) in [7, 11) is 0. The quantitative estimate of drug-likeness (QED) is 0.775. The molecule has 1 heterocycles. The smallest absolute Gasteiger partial charge is 0.182 e. The Balaban J connectivity index is 1.58. The fraction of sp³-hybridized carbons (Fsp3) is 0.765. The van der Waals surface area contributed by atoms with Gasteiger partial charge in [0.15, 0.2) is 5.78 Å². The first-order valence-corrected chi connectivity index (χ1v) is 8.71. The lowest BCUT2D eigenvalue weighted by molar-refractivity contribution is -0.0525. The summed E-state index contributed by atoms with van der Waals surface area (Å²) in [5, 5.41) is 4.73. The SMILES string of the molecule is CCn1ncc(Cl)c1C(=O)CC12CC3CC(CC(C3)C1)C2. The summed E-state index contributed by atoms with van der Waals surface area (Å²) < 4.78 is 1.76. The fourth-order valence-corrected chi connectivity index (χ4v) is 6.06.